The molecule has 0 spiro atoms. The Labute approximate surface area is 128 Å². The van der Waals surface area contributed by atoms with Crippen molar-refractivity contribution in [3.05, 3.63) is 11.6 Å². The molecular weight excluding hydrogens is 334 g/mol. The molecule has 0 aromatic carbocycles. The Kier molecular flexibility index (Phi) is 4.54. The fourth-order valence-electron chi connectivity index (χ4n) is 2.14. The second-order valence-corrected chi connectivity index (χ2v) is 9.69. The number of nitrogens with one attached hydrogen (secondary N) is 1. The lowest BCUT2D eigenvalue weighted by Gasteiger charge is -2.29. The van der Waals surface area contributed by atoms with Gasteiger partial charge in [-0.15, -0.1) is 11.3 Å². The molecule has 1 aromatic rings. The zero-order valence-corrected chi connectivity index (χ0v) is 14.3. The minimum absolute atomic E-state index is 0.0487. The van der Waals surface area contributed by atoms with Crippen molar-refractivity contribution in [2.75, 3.05) is 20.1 Å². The Bertz CT molecular complexity index is 765. The van der Waals surface area contributed by atoms with Crippen LogP contribution in [0.1, 0.15) is 25.5 Å². The highest BCUT2D eigenvalue weighted by Gasteiger charge is 2.38. The van der Waals surface area contributed by atoms with Gasteiger partial charge in [-0.2, -0.15) is 17.1 Å². The van der Waals surface area contributed by atoms with Crippen LogP contribution in [0.4, 0.5) is 0 Å². The van der Waals surface area contributed by atoms with E-state index in [0.29, 0.717) is 12.1 Å². The SMILES string of the molecule is C/C=N/S(=O)(=O)c1cc2c(s1)S(=O)(=O)N(C)C[C@@H]2NCC. The van der Waals surface area contributed by atoms with E-state index < -0.39 is 20.0 Å². The number of nitrogens with zero attached hydrogens (tertiary/aromatic N) is 2. The molecule has 1 aromatic heterocycles. The molecular formula is C11H17N3O4S3. The van der Waals surface area contributed by atoms with E-state index in [1.54, 1.807) is 0 Å². The smallest absolute Gasteiger partial charge is 0.291 e. The number of fused-ring (bicyclic) bond motifs is 1. The predicted octanol–water partition coefficient (Wildman–Crippen LogP) is 0.812. The molecule has 2 rings (SSSR count). The number of hydrogen-bond acceptors (Lipinski definition) is 6. The maximum absolute atomic E-state index is 12.3. The summed E-state index contributed by atoms with van der Waals surface area (Å²) >= 11 is 0.751. The van der Waals surface area contributed by atoms with Crippen LogP contribution in [-0.4, -0.2) is 47.5 Å². The number of sulfonamides is 2. The van der Waals surface area contributed by atoms with Gasteiger partial charge < -0.3 is 5.32 Å². The van der Waals surface area contributed by atoms with E-state index in [9.17, 15) is 16.8 Å². The lowest BCUT2D eigenvalue weighted by molar-refractivity contribution is 0.385. The van der Waals surface area contributed by atoms with Crippen LogP contribution in [0.15, 0.2) is 18.9 Å². The summed E-state index contributed by atoms with van der Waals surface area (Å²) in [6.07, 6.45) is 1.18. The third-order valence-corrected chi connectivity index (χ3v) is 8.40. The zero-order valence-electron chi connectivity index (χ0n) is 11.9. The molecule has 1 aliphatic rings. The van der Waals surface area contributed by atoms with E-state index in [-0.39, 0.29) is 21.0 Å². The fourth-order valence-corrected chi connectivity index (χ4v) is 6.65. The molecule has 0 saturated heterocycles. The quantitative estimate of drug-likeness (QED) is 0.810. The van der Waals surface area contributed by atoms with E-state index in [2.05, 4.69) is 9.71 Å². The third kappa shape index (κ3) is 2.90. The lowest BCUT2D eigenvalue weighted by atomic mass is 10.1. The van der Waals surface area contributed by atoms with Crippen molar-refractivity contribution in [1.82, 2.24) is 9.62 Å². The standard InChI is InChI=1S/C11H17N3O4S3/c1-4-12-9-7-14(3)21(17,18)11-8(9)6-10(19-11)20(15,16)13-5-2/h5-6,9,12H,4,7H2,1-3H3/b13-5+/t9-/m0/s1. The van der Waals surface area contributed by atoms with Gasteiger partial charge in [0, 0.05) is 31.4 Å². The summed E-state index contributed by atoms with van der Waals surface area (Å²) in [6.45, 7) is 4.34. The Morgan fingerprint density at radius 3 is 2.81 bits per heavy atom. The van der Waals surface area contributed by atoms with Crippen molar-refractivity contribution < 1.29 is 16.8 Å². The first-order chi connectivity index (χ1) is 9.74. The minimum atomic E-state index is -3.83. The monoisotopic (exact) mass is 351 g/mol. The van der Waals surface area contributed by atoms with Gasteiger partial charge in [0.25, 0.3) is 20.0 Å². The van der Waals surface area contributed by atoms with Crippen LogP contribution in [0, 0.1) is 0 Å². The van der Waals surface area contributed by atoms with Gasteiger partial charge in [-0.25, -0.2) is 8.42 Å². The van der Waals surface area contributed by atoms with Gasteiger partial charge in [0.2, 0.25) is 0 Å². The molecule has 0 bridgehead atoms. The van der Waals surface area contributed by atoms with E-state index >= 15 is 0 Å². The highest BCUT2D eigenvalue weighted by Crippen LogP contribution is 2.39. The van der Waals surface area contributed by atoms with Crippen molar-refractivity contribution in [2.24, 2.45) is 4.40 Å². The van der Waals surface area contributed by atoms with Crippen LogP contribution < -0.4 is 5.32 Å². The molecule has 0 saturated carbocycles. The van der Waals surface area contributed by atoms with Crippen LogP contribution in [-0.2, 0) is 20.0 Å². The first-order valence-electron chi connectivity index (χ1n) is 6.32. The summed E-state index contributed by atoms with van der Waals surface area (Å²) in [5.41, 5.74) is 0.504. The number of rotatable bonds is 4. The summed E-state index contributed by atoms with van der Waals surface area (Å²) < 4.78 is 53.3. The molecule has 21 heavy (non-hydrogen) atoms. The maximum Gasteiger partial charge on any atom is 0.291 e. The van der Waals surface area contributed by atoms with Crippen LogP contribution >= 0.6 is 11.3 Å². The minimum Gasteiger partial charge on any atom is -0.309 e. The van der Waals surface area contributed by atoms with Gasteiger partial charge in [0.1, 0.15) is 8.42 Å². The summed E-state index contributed by atoms with van der Waals surface area (Å²) in [6, 6.07) is 1.20. The Morgan fingerprint density at radius 2 is 2.24 bits per heavy atom. The molecule has 1 N–H and O–H groups in total. The summed E-state index contributed by atoms with van der Waals surface area (Å²) in [5.74, 6) is 0. The first-order valence-corrected chi connectivity index (χ1v) is 10.0. The van der Waals surface area contributed by atoms with E-state index in [4.69, 9.17) is 0 Å². The van der Waals surface area contributed by atoms with Crippen LogP contribution in [0.3, 0.4) is 0 Å². The van der Waals surface area contributed by atoms with Gasteiger partial charge in [-0.1, -0.05) is 6.92 Å². The normalized spacial score (nSPS) is 22.5. The summed E-state index contributed by atoms with van der Waals surface area (Å²) in [5, 5.41) is 3.17. The van der Waals surface area contributed by atoms with Gasteiger partial charge in [-0.05, 0) is 19.5 Å². The van der Waals surface area contributed by atoms with Crippen molar-refractivity contribution in [3.8, 4) is 0 Å². The average Bonchev–Trinajstić information content (AvgIpc) is 2.83. The Hall–Kier alpha value is -0.810. The van der Waals surface area contributed by atoms with E-state index in [0.717, 1.165) is 11.3 Å². The lowest BCUT2D eigenvalue weighted by Crippen LogP contribution is -2.40. The molecule has 7 nitrogen and oxygen atoms in total. The molecule has 10 heteroatoms. The molecule has 2 heterocycles. The highest BCUT2D eigenvalue weighted by molar-refractivity contribution is 7.94. The molecule has 0 amide bonds. The molecule has 0 radical (unpaired) electrons. The second-order valence-electron chi connectivity index (χ2n) is 4.54. The second kappa shape index (κ2) is 5.76. The van der Waals surface area contributed by atoms with Crippen molar-refractivity contribution >= 4 is 37.6 Å². The van der Waals surface area contributed by atoms with Gasteiger partial charge in [0.05, 0.1) is 0 Å². The highest BCUT2D eigenvalue weighted by atomic mass is 32.3. The van der Waals surface area contributed by atoms with E-state index in [1.807, 2.05) is 6.92 Å². The third-order valence-electron chi connectivity index (χ3n) is 3.11. The molecule has 1 aliphatic heterocycles. The number of likely N-dealkylation sites (N-methyl/N-ethyl adjacent to an activating group) is 2. The zero-order chi connectivity index (χ0) is 15.8. The van der Waals surface area contributed by atoms with Crippen molar-refractivity contribution in [2.45, 2.75) is 28.3 Å². The molecule has 0 unspecified atom stereocenters. The van der Waals surface area contributed by atoms with Gasteiger partial charge in [-0.3, -0.25) is 0 Å². The van der Waals surface area contributed by atoms with Crippen LogP contribution in [0.5, 0.6) is 0 Å². The number of thiophene rings is 1. The first kappa shape index (κ1) is 16.6. The van der Waals surface area contributed by atoms with Crippen molar-refractivity contribution in [1.29, 1.82) is 0 Å². The van der Waals surface area contributed by atoms with Gasteiger partial charge in [0.15, 0.2) is 0 Å². The van der Waals surface area contributed by atoms with Crippen molar-refractivity contribution in [3.63, 3.8) is 0 Å². The molecule has 118 valence electrons. The summed E-state index contributed by atoms with van der Waals surface area (Å²) in [7, 11) is -5.98. The average molecular weight is 351 g/mol. The van der Waals surface area contributed by atoms with Crippen LogP contribution in [0.25, 0.3) is 0 Å². The Morgan fingerprint density at radius 1 is 1.57 bits per heavy atom. The molecule has 0 aliphatic carbocycles. The maximum atomic E-state index is 12.3. The summed E-state index contributed by atoms with van der Waals surface area (Å²) in [4.78, 5) is 0. The predicted molar refractivity (Wildman–Crippen MR) is 81.9 cm³/mol. The largest absolute Gasteiger partial charge is 0.309 e. The fraction of sp³-hybridized carbons (Fsp3) is 0.545. The Balaban J connectivity index is 2.63. The molecule has 1 atom stereocenters. The van der Waals surface area contributed by atoms with E-state index in [1.165, 1.54) is 30.6 Å². The molecule has 0 fully saturated rings. The van der Waals surface area contributed by atoms with Crippen LogP contribution in [0.2, 0.25) is 0 Å². The number of hydrogen-bond donors (Lipinski definition) is 1. The van der Waals surface area contributed by atoms with Gasteiger partial charge >= 0.3 is 0 Å². The topological polar surface area (TPSA) is 95.9 Å².